The van der Waals surface area contributed by atoms with Crippen LogP contribution in [-0.4, -0.2) is 0 Å². The van der Waals surface area contributed by atoms with Crippen LogP contribution in [-0.2, 0) is 0 Å². The predicted molar refractivity (Wildman–Crippen MR) is 225 cm³/mol. The van der Waals surface area contributed by atoms with E-state index in [9.17, 15) is 0 Å². The van der Waals surface area contributed by atoms with Crippen LogP contribution in [0.4, 0.5) is 0 Å². The molecule has 240 valence electrons. The van der Waals surface area contributed by atoms with Crippen LogP contribution >= 0.6 is 0 Å². The molecule has 0 fully saturated rings. The van der Waals surface area contributed by atoms with E-state index in [1.54, 1.807) is 0 Å². The lowest BCUT2D eigenvalue weighted by Gasteiger charge is -2.19. The Morgan fingerprint density at radius 1 is 0.192 bits per heavy atom. The van der Waals surface area contributed by atoms with Gasteiger partial charge >= 0.3 is 0 Å². The van der Waals surface area contributed by atoms with Crippen molar-refractivity contribution in [3.8, 4) is 33.4 Å². The third kappa shape index (κ3) is 4.41. The van der Waals surface area contributed by atoms with E-state index in [2.05, 4.69) is 194 Å². The molecule has 0 N–H and O–H groups in total. The number of rotatable bonds is 3. The summed E-state index contributed by atoms with van der Waals surface area (Å²) in [4.78, 5) is 0. The third-order valence-electron chi connectivity index (χ3n) is 11.2. The standard InChI is InChI=1S/C52H32/c1-2-13-36-29-37(25-21-33(36)11-1)49-30-38-26-28-40(32-50(38)43-16-6-5-15-42(43)49)52-46-19-9-7-17-44(46)51(45-18-8-10-20-47(45)52)39-27-24-35-23-22-34-12-3-4-14-41(34)48(35)31-39/h1-32H. The van der Waals surface area contributed by atoms with Crippen LogP contribution in [0.15, 0.2) is 194 Å². The number of hydrogen-bond donors (Lipinski definition) is 0. The van der Waals surface area contributed by atoms with Crippen molar-refractivity contribution in [3.05, 3.63) is 194 Å². The van der Waals surface area contributed by atoms with Gasteiger partial charge in [0.1, 0.15) is 0 Å². The zero-order valence-corrected chi connectivity index (χ0v) is 28.5. The lowest BCUT2D eigenvalue weighted by atomic mass is 9.84. The molecular weight excluding hydrogens is 625 g/mol. The van der Waals surface area contributed by atoms with E-state index < -0.39 is 0 Å². The van der Waals surface area contributed by atoms with Crippen molar-refractivity contribution in [1.82, 2.24) is 0 Å². The summed E-state index contributed by atoms with van der Waals surface area (Å²) < 4.78 is 0. The summed E-state index contributed by atoms with van der Waals surface area (Å²) in [6, 6.07) is 72.0. The molecule has 0 radical (unpaired) electrons. The summed E-state index contributed by atoms with van der Waals surface area (Å²) in [5, 5.41) is 17.8. The molecule has 0 saturated heterocycles. The Morgan fingerprint density at radius 3 is 1.23 bits per heavy atom. The summed E-state index contributed by atoms with van der Waals surface area (Å²) in [6.07, 6.45) is 0. The zero-order valence-electron chi connectivity index (χ0n) is 28.5. The van der Waals surface area contributed by atoms with Gasteiger partial charge in [0.2, 0.25) is 0 Å². The second kappa shape index (κ2) is 11.4. The van der Waals surface area contributed by atoms with Gasteiger partial charge < -0.3 is 0 Å². The first kappa shape index (κ1) is 29.0. The van der Waals surface area contributed by atoms with Crippen LogP contribution in [0.2, 0.25) is 0 Å². The molecule has 0 amide bonds. The first-order valence-electron chi connectivity index (χ1n) is 18.1. The summed E-state index contributed by atoms with van der Waals surface area (Å²) in [7, 11) is 0. The molecule has 0 atom stereocenters. The molecule has 0 aliphatic carbocycles. The van der Waals surface area contributed by atoms with Crippen molar-refractivity contribution in [1.29, 1.82) is 0 Å². The second-order valence-electron chi connectivity index (χ2n) is 14.0. The monoisotopic (exact) mass is 656 g/mol. The van der Waals surface area contributed by atoms with Gasteiger partial charge in [-0.25, -0.2) is 0 Å². The first-order valence-corrected chi connectivity index (χ1v) is 18.1. The molecule has 0 nitrogen and oxygen atoms in total. The molecule has 0 spiro atoms. The highest BCUT2D eigenvalue weighted by atomic mass is 14.2. The average Bonchev–Trinajstić information content (AvgIpc) is 3.22. The number of hydrogen-bond acceptors (Lipinski definition) is 0. The van der Waals surface area contributed by atoms with E-state index in [-0.39, 0.29) is 0 Å². The lowest BCUT2D eigenvalue weighted by molar-refractivity contribution is 1.68. The predicted octanol–water partition coefficient (Wildman–Crippen LogP) is 14.8. The minimum absolute atomic E-state index is 1.24. The Balaban J connectivity index is 1.16. The highest BCUT2D eigenvalue weighted by Crippen LogP contribution is 2.46. The van der Waals surface area contributed by atoms with E-state index in [1.165, 1.54) is 109 Å². The topological polar surface area (TPSA) is 0 Å². The largest absolute Gasteiger partial charge is 0.0616 e. The Morgan fingerprint density at radius 2 is 0.596 bits per heavy atom. The van der Waals surface area contributed by atoms with Crippen LogP contribution in [0.25, 0.3) is 109 Å². The minimum atomic E-state index is 1.24. The van der Waals surface area contributed by atoms with Crippen molar-refractivity contribution < 1.29 is 0 Å². The van der Waals surface area contributed by atoms with Crippen LogP contribution in [0.1, 0.15) is 0 Å². The molecule has 0 heteroatoms. The highest BCUT2D eigenvalue weighted by Gasteiger charge is 2.18. The Labute approximate surface area is 301 Å². The molecule has 0 aliphatic rings. The number of benzene rings is 11. The number of fused-ring (bicyclic) bond motifs is 9. The molecule has 0 aliphatic heterocycles. The smallest absolute Gasteiger partial charge is 0.00261 e. The molecular formula is C52H32. The van der Waals surface area contributed by atoms with Crippen LogP contribution in [0.5, 0.6) is 0 Å². The van der Waals surface area contributed by atoms with Crippen molar-refractivity contribution in [3.63, 3.8) is 0 Å². The normalized spacial score (nSPS) is 11.8. The minimum Gasteiger partial charge on any atom is -0.0616 e. The fourth-order valence-corrected chi connectivity index (χ4v) is 8.76. The lowest BCUT2D eigenvalue weighted by Crippen LogP contribution is -1.92. The van der Waals surface area contributed by atoms with Crippen LogP contribution < -0.4 is 0 Å². The van der Waals surface area contributed by atoms with Gasteiger partial charge in [-0.1, -0.05) is 170 Å². The maximum atomic E-state index is 2.43. The van der Waals surface area contributed by atoms with Crippen molar-refractivity contribution >= 4 is 75.4 Å². The van der Waals surface area contributed by atoms with E-state index in [1.807, 2.05) is 0 Å². The van der Waals surface area contributed by atoms with Crippen molar-refractivity contribution in [2.24, 2.45) is 0 Å². The quantitative estimate of drug-likeness (QED) is 0.131. The van der Waals surface area contributed by atoms with E-state index in [0.29, 0.717) is 0 Å². The second-order valence-corrected chi connectivity index (χ2v) is 14.0. The molecule has 11 aromatic rings. The molecule has 0 aromatic heterocycles. The maximum Gasteiger partial charge on any atom is -0.00261 e. The van der Waals surface area contributed by atoms with Crippen molar-refractivity contribution in [2.45, 2.75) is 0 Å². The SMILES string of the molecule is c1ccc2cc(-c3cc4ccc(-c5c6ccccc6c(-c6ccc7ccc8ccccc8c7c6)c6ccccc56)cc4c4ccccc34)ccc2c1. The fraction of sp³-hybridized carbons (Fsp3) is 0. The summed E-state index contributed by atoms with van der Waals surface area (Å²) in [5.41, 5.74) is 7.56. The van der Waals surface area contributed by atoms with E-state index in [4.69, 9.17) is 0 Å². The van der Waals surface area contributed by atoms with Crippen LogP contribution in [0.3, 0.4) is 0 Å². The fourth-order valence-electron chi connectivity index (χ4n) is 8.76. The van der Waals surface area contributed by atoms with Gasteiger partial charge in [-0.15, -0.1) is 0 Å². The molecule has 0 bridgehead atoms. The average molecular weight is 657 g/mol. The van der Waals surface area contributed by atoms with E-state index in [0.717, 1.165) is 0 Å². The third-order valence-corrected chi connectivity index (χ3v) is 11.2. The summed E-state index contributed by atoms with van der Waals surface area (Å²) in [6.45, 7) is 0. The summed E-state index contributed by atoms with van der Waals surface area (Å²) >= 11 is 0. The maximum absolute atomic E-state index is 2.43. The Hall–Kier alpha value is -6.76. The van der Waals surface area contributed by atoms with E-state index >= 15 is 0 Å². The molecule has 0 heterocycles. The molecule has 11 rings (SSSR count). The molecule has 11 aromatic carbocycles. The van der Waals surface area contributed by atoms with Crippen molar-refractivity contribution in [2.75, 3.05) is 0 Å². The Bertz CT molecular complexity index is 3180. The molecule has 52 heavy (non-hydrogen) atoms. The molecule has 0 saturated carbocycles. The summed E-state index contributed by atoms with van der Waals surface area (Å²) in [5.74, 6) is 0. The van der Waals surface area contributed by atoms with Gasteiger partial charge in [-0.3, -0.25) is 0 Å². The van der Waals surface area contributed by atoms with Gasteiger partial charge in [0.15, 0.2) is 0 Å². The highest BCUT2D eigenvalue weighted by molar-refractivity contribution is 6.23. The molecule has 0 unspecified atom stereocenters. The van der Waals surface area contributed by atoms with Gasteiger partial charge in [0, 0.05) is 0 Å². The van der Waals surface area contributed by atoms with Gasteiger partial charge in [-0.2, -0.15) is 0 Å². The first-order chi connectivity index (χ1) is 25.8. The van der Waals surface area contributed by atoms with Gasteiger partial charge in [0.25, 0.3) is 0 Å². The zero-order chi connectivity index (χ0) is 34.2. The van der Waals surface area contributed by atoms with Gasteiger partial charge in [-0.05, 0) is 133 Å². The van der Waals surface area contributed by atoms with Gasteiger partial charge in [0.05, 0.1) is 0 Å². The Kier molecular flexibility index (Phi) is 6.35. The van der Waals surface area contributed by atoms with Crippen LogP contribution in [0, 0.1) is 0 Å².